The van der Waals surface area contributed by atoms with E-state index in [9.17, 15) is 18.4 Å². The third kappa shape index (κ3) is 3.46. The topological polar surface area (TPSA) is 68.2 Å². The zero-order valence-electron chi connectivity index (χ0n) is 12.9. The quantitative estimate of drug-likeness (QED) is 0.786. The minimum atomic E-state index is -0.996. The standard InChI is InChI=1S/C15H16F2N2O4/c1-8(15(21)22-3)19(2)14(20)13-7-12(18-23-13)10-6-9(16)4-5-11(10)17/h4-6,8,13H,7H2,1-3H3/t8-,13+/m1/s1. The Morgan fingerprint density at radius 1 is 1.43 bits per heavy atom. The second kappa shape index (κ2) is 6.72. The van der Waals surface area contributed by atoms with E-state index in [4.69, 9.17) is 4.84 Å². The molecule has 0 spiro atoms. The number of benzene rings is 1. The highest BCUT2D eigenvalue weighted by molar-refractivity contribution is 6.04. The van der Waals surface area contributed by atoms with E-state index < -0.39 is 35.7 Å². The van der Waals surface area contributed by atoms with E-state index in [-0.39, 0.29) is 17.7 Å². The maximum atomic E-state index is 13.7. The van der Waals surface area contributed by atoms with Crippen molar-refractivity contribution in [1.29, 1.82) is 0 Å². The molecule has 0 bridgehead atoms. The predicted molar refractivity (Wildman–Crippen MR) is 76.6 cm³/mol. The van der Waals surface area contributed by atoms with E-state index >= 15 is 0 Å². The second-order valence-corrected chi connectivity index (χ2v) is 5.11. The van der Waals surface area contributed by atoms with Gasteiger partial charge in [0.05, 0.1) is 12.8 Å². The molecule has 1 aliphatic heterocycles. The van der Waals surface area contributed by atoms with Gasteiger partial charge in [-0.3, -0.25) is 4.79 Å². The maximum Gasteiger partial charge on any atom is 0.328 e. The summed E-state index contributed by atoms with van der Waals surface area (Å²) in [7, 11) is 2.64. The lowest BCUT2D eigenvalue weighted by molar-refractivity contribution is -0.154. The Labute approximate surface area is 131 Å². The molecule has 1 aliphatic rings. The van der Waals surface area contributed by atoms with Crippen LogP contribution in [0.5, 0.6) is 0 Å². The number of carbonyl (C=O) groups excluding carboxylic acids is 2. The summed E-state index contributed by atoms with van der Waals surface area (Å²) in [6, 6.07) is 2.16. The molecule has 1 aromatic carbocycles. The van der Waals surface area contributed by atoms with Crippen LogP contribution in [0.3, 0.4) is 0 Å². The number of ether oxygens (including phenoxy) is 1. The van der Waals surface area contributed by atoms with Gasteiger partial charge in [0.15, 0.2) is 0 Å². The van der Waals surface area contributed by atoms with Crippen molar-refractivity contribution in [1.82, 2.24) is 4.90 Å². The number of esters is 1. The highest BCUT2D eigenvalue weighted by Gasteiger charge is 2.35. The number of hydrogen-bond donors (Lipinski definition) is 0. The monoisotopic (exact) mass is 326 g/mol. The zero-order valence-corrected chi connectivity index (χ0v) is 12.9. The van der Waals surface area contributed by atoms with Crippen molar-refractivity contribution in [3.8, 4) is 0 Å². The number of halogens is 2. The summed E-state index contributed by atoms with van der Waals surface area (Å²) in [6.07, 6.45) is -1.01. The first-order chi connectivity index (χ1) is 10.8. The van der Waals surface area contributed by atoms with Gasteiger partial charge in [-0.15, -0.1) is 0 Å². The van der Waals surface area contributed by atoms with Gasteiger partial charge in [-0.05, 0) is 25.1 Å². The first kappa shape index (κ1) is 16.9. The number of hydrogen-bond acceptors (Lipinski definition) is 5. The van der Waals surface area contributed by atoms with Crippen LogP contribution in [-0.4, -0.2) is 48.8 Å². The number of likely N-dealkylation sites (N-methyl/N-ethyl adjacent to an activating group) is 1. The molecule has 6 nitrogen and oxygen atoms in total. The molecule has 8 heteroatoms. The minimum absolute atomic E-state index is 0.0164. The lowest BCUT2D eigenvalue weighted by Gasteiger charge is -2.24. The van der Waals surface area contributed by atoms with Gasteiger partial charge in [-0.1, -0.05) is 5.16 Å². The Morgan fingerprint density at radius 2 is 2.13 bits per heavy atom. The lowest BCUT2D eigenvalue weighted by Crippen LogP contribution is -2.45. The van der Waals surface area contributed by atoms with Crippen LogP contribution in [0.1, 0.15) is 18.9 Å². The molecule has 2 atom stereocenters. The van der Waals surface area contributed by atoms with Crippen LogP contribution >= 0.6 is 0 Å². The Kier molecular flexibility index (Phi) is 4.92. The van der Waals surface area contributed by atoms with E-state index in [0.717, 1.165) is 23.1 Å². The molecular formula is C15H16F2N2O4. The van der Waals surface area contributed by atoms with Gasteiger partial charge in [0.25, 0.3) is 5.91 Å². The molecule has 2 rings (SSSR count). The summed E-state index contributed by atoms with van der Waals surface area (Å²) < 4.78 is 31.5. The smallest absolute Gasteiger partial charge is 0.328 e. The molecule has 0 aromatic heterocycles. The van der Waals surface area contributed by atoms with E-state index in [2.05, 4.69) is 9.89 Å². The molecule has 124 valence electrons. The van der Waals surface area contributed by atoms with E-state index in [0.29, 0.717) is 0 Å². The van der Waals surface area contributed by atoms with Gasteiger partial charge in [-0.2, -0.15) is 0 Å². The molecule has 0 radical (unpaired) electrons. The average Bonchev–Trinajstić information content (AvgIpc) is 3.03. The molecule has 0 aliphatic carbocycles. The molecular weight excluding hydrogens is 310 g/mol. The van der Waals surface area contributed by atoms with Gasteiger partial charge in [0, 0.05) is 19.0 Å². The number of rotatable bonds is 4. The Morgan fingerprint density at radius 3 is 2.78 bits per heavy atom. The van der Waals surface area contributed by atoms with Crippen LogP contribution in [0.15, 0.2) is 23.4 Å². The van der Waals surface area contributed by atoms with Crippen LogP contribution in [0.2, 0.25) is 0 Å². The number of nitrogens with zero attached hydrogens (tertiary/aromatic N) is 2. The van der Waals surface area contributed by atoms with Gasteiger partial charge in [0.1, 0.15) is 17.7 Å². The van der Waals surface area contributed by atoms with Gasteiger partial charge < -0.3 is 14.5 Å². The first-order valence-electron chi connectivity index (χ1n) is 6.87. The fourth-order valence-electron chi connectivity index (χ4n) is 2.13. The van der Waals surface area contributed by atoms with Crippen molar-refractivity contribution in [3.05, 3.63) is 35.4 Å². The van der Waals surface area contributed by atoms with Crippen molar-refractivity contribution in [2.45, 2.75) is 25.5 Å². The Bertz CT molecular complexity index is 663. The van der Waals surface area contributed by atoms with Crippen molar-refractivity contribution in [2.24, 2.45) is 5.16 Å². The molecule has 23 heavy (non-hydrogen) atoms. The Balaban J connectivity index is 2.08. The number of carbonyl (C=O) groups is 2. The van der Waals surface area contributed by atoms with Crippen molar-refractivity contribution >= 4 is 17.6 Å². The summed E-state index contributed by atoms with van der Waals surface area (Å²) in [5.41, 5.74) is 0.0865. The summed E-state index contributed by atoms with van der Waals surface area (Å²) >= 11 is 0. The number of amides is 1. The second-order valence-electron chi connectivity index (χ2n) is 5.11. The Hall–Kier alpha value is -2.51. The number of methoxy groups -OCH3 is 1. The molecule has 0 unspecified atom stereocenters. The summed E-state index contributed by atoms with van der Waals surface area (Å²) in [4.78, 5) is 29.9. The van der Waals surface area contributed by atoms with Gasteiger partial charge in [0.2, 0.25) is 6.10 Å². The fourth-order valence-corrected chi connectivity index (χ4v) is 2.13. The largest absolute Gasteiger partial charge is 0.467 e. The molecule has 1 heterocycles. The lowest BCUT2D eigenvalue weighted by atomic mass is 10.0. The van der Waals surface area contributed by atoms with Crippen LogP contribution in [0.25, 0.3) is 0 Å². The predicted octanol–water partition coefficient (Wildman–Crippen LogP) is 1.48. The summed E-state index contributed by atoms with van der Waals surface area (Å²) in [5, 5.41) is 3.66. The normalized spacial score (nSPS) is 18.0. The molecule has 0 N–H and O–H groups in total. The molecule has 0 fully saturated rings. The van der Waals surface area contributed by atoms with Crippen molar-refractivity contribution in [2.75, 3.05) is 14.2 Å². The third-order valence-corrected chi connectivity index (χ3v) is 3.65. The number of oxime groups is 1. The zero-order chi connectivity index (χ0) is 17.1. The van der Waals surface area contributed by atoms with Gasteiger partial charge in [-0.25, -0.2) is 13.6 Å². The van der Waals surface area contributed by atoms with Crippen LogP contribution < -0.4 is 0 Å². The van der Waals surface area contributed by atoms with Crippen molar-refractivity contribution in [3.63, 3.8) is 0 Å². The van der Waals surface area contributed by atoms with Crippen LogP contribution in [0.4, 0.5) is 8.78 Å². The SMILES string of the molecule is COC(=O)[C@@H](C)N(C)C(=O)[C@@H]1CC(c2cc(F)ccc2F)=NO1. The van der Waals surface area contributed by atoms with E-state index in [1.165, 1.54) is 21.1 Å². The first-order valence-corrected chi connectivity index (χ1v) is 6.87. The maximum absolute atomic E-state index is 13.7. The molecule has 1 aromatic rings. The summed E-state index contributed by atoms with van der Waals surface area (Å²) in [5.74, 6) is -2.34. The van der Waals surface area contributed by atoms with Crippen LogP contribution in [0, 0.1) is 11.6 Å². The third-order valence-electron chi connectivity index (χ3n) is 3.65. The molecule has 1 amide bonds. The molecule has 0 saturated carbocycles. The highest BCUT2D eigenvalue weighted by Crippen LogP contribution is 2.21. The van der Waals surface area contributed by atoms with E-state index in [1.807, 2.05) is 0 Å². The summed E-state index contributed by atoms with van der Waals surface area (Å²) in [6.45, 7) is 1.51. The fraction of sp³-hybridized carbons (Fsp3) is 0.400. The van der Waals surface area contributed by atoms with E-state index in [1.54, 1.807) is 0 Å². The highest BCUT2D eigenvalue weighted by atomic mass is 19.1. The van der Waals surface area contributed by atoms with Gasteiger partial charge >= 0.3 is 5.97 Å². The van der Waals surface area contributed by atoms with Crippen LogP contribution in [-0.2, 0) is 19.2 Å². The van der Waals surface area contributed by atoms with Crippen molar-refractivity contribution < 1.29 is 27.9 Å². The minimum Gasteiger partial charge on any atom is -0.467 e. The molecule has 0 saturated heterocycles. The average molecular weight is 326 g/mol.